The van der Waals surface area contributed by atoms with Crippen molar-refractivity contribution in [1.82, 2.24) is 0 Å². The molecule has 0 heterocycles. The molecule has 0 unspecified atom stereocenters. The van der Waals surface area contributed by atoms with E-state index in [9.17, 15) is 26.7 Å². The van der Waals surface area contributed by atoms with Crippen molar-refractivity contribution < 1.29 is 26.7 Å². The molecule has 0 saturated heterocycles. The van der Waals surface area contributed by atoms with Gasteiger partial charge in [0.05, 0.1) is 5.69 Å². The van der Waals surface area contributed by atoms with Crippen LogP contribution >= 0.6 is 15.9 Å². The van der Waals surface area contributed by atoms with E-state index >= 15 is 0 Å². The molecule has 1 amide bonds. The molecule has 0 aromatic heterocycles. The second-order valence-corrected chi connectivity index (χ2v) is 4.86. The highest BCUT2D eigenvalue weighted by molar-refractivity contribution is 9.10. The van der Waals surface area contributed by atoms with Crippen LogP contribution in [0, 0.1) is 29.1 Å². The van der Waals surface area contributed by atoms with Gasteiger partial charge in [0, 0.05) is 16.6 Å². The van der Waals surface area contributed by atoms with Gasteiger partial charge in [0.2, 0.25) is 0 Å². The number of carbonyl (C=O) groups is 1. The van der Waals surface area contributed by atoms with E-state index in [1.165, 1.54) is 0 Å². The number of carbonyl (C=O) groups excluding carboxylic acids is 1. The Morgan fingerprint density at radius 1 is 0.905 bits per heavy atom. The molecule has 2 aromatic rings. The van der Waals surface area contributed by atoms with Crippen LogP contribution < -0.4 is 5.32 Å². The highest BCUT2D eigenvalue weighted by Gasteiger charge is 2.21. The van der Waals surface area contributed by atoms with Crippen molar-refractivity contribution >= 4 is 27.5 Å². The largest absolute Gasteiger partial charge is 0.319 e. The first-order valence-corrected chi connectivity index (χ1v) is 6.19. The number of anilines is 1. The Hall–Kier alpha value is -1.96. The van der Waals surface area contributed by atoms with E-state index in [2.05, 4.69) is 15.9 Å². The van der Waals surface area contributed by atoms with E-state index in [0.29, 0.717) is 6.07 Å². The zero-order valence-electron chi connectivity index (χ0n) is 9.99. The Labute approximate surface area is 123 Å². The molecule has 0 aliphatic heterocycles. The molecular formula is C13H5BrF5NO. The number of nitrogens with one attached hydrogen (secondary N) is 1. The minimum absolute atomic E-state index is 0.0528. The predicted octanol–water partition coefficient (Wildman–Crippen LogP) is 4.40. The fourth-order valence-electron chi connectivity index (χ4n) is 1.59. The quantitative estimate of drug-likeness (QED) is 0.620. The molecule has 0 atom stereocenters. The van der Waals surface area contributed by atoms with Gasteiger partial charge < -0.3 is 5.32 Å². The van der Waals surface area contributed by atoms with Crippen LogP contribution in [-0.4, -0.2) is 5.91 Å². The first-order valence-electron chi connectivity index (χ1n) is 5.40. The van der Waals surface area contributed by atoms with Gasteiger partial charge in [0.15, 0.2) is 11.6 Å². The van der Waals surface area contributed by atoms with Crippen LogP contribution in [-0.2, 0) is 0 Å². The van der Waals surface area contributed by atoms with Crippen molar-refractivity contribution in [2.45, 2.75) is 0 Å². The van der Waals surface area contributed by atoms with Crippen molar-refractivity contribution in [2.24, 2.45) is 0 Å². The molecule has 2 nitrogen and oxygen atoms in total. The summed E-state index contributed by atoms with van der Waals surface area (Å²) in [4.78, 5) is 11.7. The molecule has 1 N–H and O–H groups in total. The van der Waals surface area contributed by atoms with Crippen LogP contribution in [0.5, 0.6) is 0 Å². The SMILES string of the molecule is O=C(Nc1cc(F)cc(F)c1F)c1c(F)cc(Br)cc1F. The Bertz CT molecular complexity index is 712. The van der Waals surface area contributed by atoms with Gasteiger partial charge in [0.25, 0.3) is 5.91 Å². The summed E-state index contributed by atoms with van der Waals surface area (Å²) < 4.78 is 66.5. The Kier molecular flexibility index (Phi) is 4.26. The first-order chi connectivity index (χ1) is 9.79. The van der Waals surface area contributed by atoms with Crippen LogP contribution in [0.4, 0.5) is 27.6 Å². The topological polar surface area (TPSA) is 29.1 Å². The average Bonchev–Trinajstić information content (AvgIpc) is 2.33. The zero-order valence-corrected chi connectivity index (χ0v) is 11.6. The fraction of sp³-hybridized carbons (Fsp3) is 0. The summed E-state index contributed by atoms with van der Waals surface area (Å²) in [6.07, 6.45) is 0. The molecule has 0 fully saturated rings. The smallest absolute Gasteiger partial charge is 0.261 e. The molecule has 0 bridgehead atoms. The molecule has 110 valence electrons. The van der Waals surface area contributed by atoms with Gasteiger partial charge in [-0.05, 0) is 12.1 Å². The van der Waals surface area contributed by atoms with Gasteiger partial charge in [-0.2, -0.15) is 0 Å². The summed E-state index contributed by atoms with van der Waals surface area (Å²) in [6, 6.07) is 2.40. The van der Waals surface area contributed by atoms with Crippen LogP contribution in [0.2, 0.25) is 0 Å². The maximum Gasteiger partial charge on any atom is 0.261 e. The third kappa shape index (κ3) is 3.21. The number of benzene rings is 2. The lowest BCUT2D eigenvalue weighted by Gasteiger charge is -2.09. The number of halogens is 6. The summed E-state index contributed by atoms with van der Waals surface area (Å²) in [5.41, 5.74) is -1.86. The van der Waals surface area contributed by atoms with Crippen LogP contribution in [0.1, 0.15) is 10.4 Å². The third-order valence-electron chi connectivity index (χ3n) is 2.48. The van der Waals surface area contributed by atoms with Crippen molar-refractivity contribution in [1.29, 1.82) is 0 Å². The maximum atomic E-state index is 13.6. The molecule has 0 spiro atoms. The fourth-order valence-corrected chi connectivity index (χ4v) is 1.99. The van der Waals surface area contributed by atoms with Gasteiger partial charge in [0.1, 0.15) is 23.0 Å². The van der Waals surface area contributed by atoms with Gasteiger partial charge in [-0.15, -0.1) is 0 Å². The average molecular weight is 366 g/mol. The van der Waals surface area contributed by atoms with Crippen LogP contribution in [0.3, 0.4) is 0 Å². The predicted molar refractivity (Wildman–Crippen MR) is 68.3 cm³/mol. The Morgan fingerprint density at radius 2 is 1.48 bits per heavy atom. The standard InChI is InChI=1S/C13H5BrF5NO/c14-5-1-7(16)11(8(17)2-5)13(21)20-10-4-6(15)3-9(18)12(10)19/h1-4H,(H,20,21). The van der Waals surface area contributed by atoms with Gasteiger partial charge >= 0.3 is 0 Å². The molecule has 0 saturated carbocycles. The maximum absolute atomic E-state index is 13.6. The Morgan fingerprint density at radius 3 is 2.05 bits per heavy atom. The summed E-state index contributed by atoms with van der Waals surface area (Å²) >= 11 is 2.82. The number of hydrogen-bond acceptors (Lipinski definition) is 1. The molecule has 8 heteroatoms. The minimum atomic E-state index is -1.54. The molecule has 21 heavy (non-hydrogen) atoms. The molecule has 2 aromatic carbocycles. The van der Waals surface area contributed by atoms with Gasteiger partial charge in [-0.25, -0.2) is 22.0 Å². The van der Waals surface area contributed by atoms with Crippen LogP contribution in [0.15, 0.2) is 28.7 Å². The summed E-state index contributed by atoms with van der Waals surface area (Å²) in [7, 11) is 0. The van der Waals surface area contributed by atoms with E-state index in [-0.39, 0.29) is 10.5 Å². The molecular weight excluding hydrogens is 361 g/mol. The van der Waals surface area contributed by atoms with Crippen molar-refractivity contribution in [3.05, 3.63) is 63.4 Å². The molecule has 0 aliphatic rings. The normalized spacial score (nSPS) is 10.6. The van der Waals surface area contributed by atoms with Gasteiger partial charge in [-0.1, -0.05) is 15.9 Å². The van der Waals surface area contributed by atoms with E-state index in [1.54, 1.807) is 5.32 Å². The lowest BCUT2D eigenvalue weighted by Crippen LogP contribution is -2.17. The van der Waals surface area contributed by atoms with Crippen molar-refractivity contribution in [2.75, 3.05) is 5.32 Å². The minimum Gasteiger partial charge on any atom is -0.319 e. The molecule has 0 aliphatic carbocycles. The number of amides is 1. The number of rotatable bonds is 2. The van der Waals surface area contributed by atoms with E-state index < -0.39 is 46.2 Å². The van der Waals surface area contributed by atoms with Gasteiger partial charge in [-0.3, -0.25) is 4.79 Å². The first kappa shape index (κ1) is 15.4. The highest BCUT2D eigenvalue weighted by atomic mass is 79.9. The van der Waals surface area contributed by atoms with E-state index in [1.807, 2.05) is 0 Å². The zero-order chi connectivity index (χ0) is 15.7. The summed E-state index contributed by atoms with van der Waals surface area (Å²) in [5.74, 6) is -8.03. The second kappa shape index (κ2) is 5.80. The second-order valence-electron chi connectivity index (χ2n) is 3.95. The van der Waals surface area contributed by atoms with Crippen LogP contribution in [0.25, 0.3) is 0 Å². The molecule has 2 rings (SSSR count). The lowest BCUT2D eigenvalue weighted by atomic mass is 10.1. The van der Waals surface area contributed by atoms with E-state index in [0.717, 1.165) is 12.1 Å². The monoisotopic (exact) mass is 365 g/mol. The summed E-state index contributed by atoms with van der Waals surface area (Å²) in [5, 5.41) is 1.72. The van der Waals surface area contributed by atoms with Crippen molar-refractivity contribution in [3.63, 3.8) is 0 Å². The summed E-state index contributed by atoms with van der Waals surface area (Å²) in [6.45, 7) is 0. The third-order valence-corrected chi connectivity index (χ3v) is 2.93. The molecule has 0 radical (unpaired) electrons. The Balaban J connectivity index is 2.40. The van der Waals surface area contributed by atoms with Crippen molar-refractivity contribution in [3.8, 4) is 0 Å². The highest BCUT2D eigenvalue weighted by Crippen LogP contribution is 2.23. The lowest BCUT2D eigenvalue weighted by molar-refractivity contribution is 0.101. The van der Waals surface area contributed by atoms with E-state index in [4.69, 9.17) is 0 Å². The number of hydrogen-bond donors (Lipinski definition) is 1.